The van der Waals surface area contributed by atoms with Gasteiger partial charge in [-0.15, -0.1) is 0 Å². The molecule has 0 radical (unpaired) electrons. The van der Waals surface area contributed by atoms with E-state index in [0.29, 0.717) is 30.6 Å². The Morgan fingerprint density at radius 2 is 1.97 bits per heavy atom. The van der Waals surface area contributed by atoms with Crippen molar-refractivity contribution in [3.8, 4) is 11.4 Å². The molecular weight excluding hydrogens is 418 g/mol. The average Bonchev–Trinajstić information content (AvgIpc) is 3.33. The van der Waals surface area contributed by atoms with E-state index < -0.39 is 0 Å². The van der Waals surface area contributed by atoms with Crippen LogP contribution < -0.4 is 0 Å². The molecule has 172 valence electrons. The van der Waals surface area contributed by atoms with Crippen LogP contribution in [0.2, 0.25) is 0 Å². The Kier molecular flexibility index (Phi) is 6.46. The van der Waals surface area contributed by atoms with Crippen LogP contribution in [0.1, 0.15) is 36.8 Å². The predicted octanol–water partition coefficient (Wildman–Crippen LogP) is 3.13. The Balaban J connectivity index is 1.12. The van der Waals surface area contributed by atoms with E-state index in [-0.39, 0.29) is 18.1 Å². The first-order valence-electron chi connectivity index (χ1n) is 11.6. The van der Waals surface area contributed by atoms with Gasteiger partial charge in [-0.1, -0.05) is 41.6 Å². The molecule has 2 aliphatic heterocycles. The summed E-state index contributed by atoms with van der Waals surface area (Å²) in [6.07, 6.45) is 6.72. The van der Waals surface area contributed by atoms with Gasteiger partial charge in [0.2, 0.25) is 17.6 Å². The first-order valence-corrected chi connectivity index (χ1v) is 11.6. The Hall–Kier alpha value is -3.10. The number of aromatic nitrogens is 3. The molecule has 2 aliphatic rings. The number of aryl methyl sites for hydroxylation is 1. The SMILES string of the molecule is CO[C@H]1CN(C2CCN(C(=O)CCc3nc(-c4ccccc4)no3)CC2)[C@H]1c1cccnc1. The maximum Gasteiger partial charge on any atom is 0.227 e. The Morgan fingerprint density at radius 1 is 1.15 bits per heavy atom. The van der Waals surface area contributed by atoms with Crippen molar-refractivity contribution < 1.29 is 14.1 Å². The number of amides is 1. The van der Waals surface area contributed by atoms with Crippen LogP contribution in [0, 0.1) is 0 Å². The van der Waals surface area contributed by atoms with Crippen LogP contribution in [0.15, 0.2) is 59.4 Å². The molecular formula is C25H29N5O3. The van der Waals surface area contributed by atoms with Crippen molar-refractivity contribution in [1.82, 2.24) is 24.9 Å². The third kappa shape index (κ3) is 4.67. The van der Waals surface area contributed by atoms with Crippen LogP contribution >= 0.6 is 0 Å². The minimum absolute atomic E-state index is 0.148. The molecule has 0 N–H and O–H groups in total. The van der Waals surface area contributed by atoms with Gasteiger partial charge in [-0.05, 0) is 24.5 Å². The Bertz CT molecular complexity index is 1050. The summed E-state index contributed by atoms with van der Waals surface area (Å²) in [5.74, 6) is 1.21. The number of carbonyl (C=O) groups is 1. The standard InChI is InChI=1S/C25H29N5O3/c1-32-21-17-30(24(21)19-8-5-13-26-16-19)20-11-14-29(15-12-20)23(31)10-9-22-27-25(28-33-22)18-6-3-2-4-7-18/h2-8,13,16,20-21,24H,9-12,14-15,17H2,1H3/t21-,24-/m0/s1. The minimum Gasteiger partial charge on any atom is -0.378 e. The molecule has 8 heteroatoms. The zero-order valence-corrected chi connectivity index (χ0v) is 18.8. The lowest BCUT2D eigenvalue weighted by atomic mass is 9.87. The van der Waals surface area contributed by atoms with E-state index in [0.717, 1.165) is 38.0 Å². The van der Waals surface area contributed by atoms with Gasteiger partial charge >= 0.3 is 0 Å². The molecule has 0 unspecified atom stereocenters. The molecule has 0 spiro atoms. The molecule has 2 aromatic heterocycles. The summed E-state index contributed by atoms with van der Waals surface area (Å²) in [5, 5.41) is 4.04. The number of carbonyl (C=O) groups excluding carboxylic acids is 1. The van der Waals surface area contributed by atoms with E-state index in [9.17, 15) is 4.79 Å². The second-order valence-corrected chi connectivity index (χ2v) is 8.69. The molecule has 2 fully saturated rings. The second-order valence-electron chi connectivity index (χ2n) is 8.69. The summed E-state index contributed by atoms with van der Waals surface area (Å²) in [7, 11) is 1.78. The summed E-state index contributed by atoms with van der Waals surface area (Å²) >= 11 is 0. The number of piperidine rings is 1. The zero-order chi connectivity index (χ0) is 22.6. The molecule has 0 saturated carbocycles. The maximum atomic E-state index is 12.8. The van der Waals surface area contributed by atoms with Crippen LogP contribution in [-0.4, -0.2) is 69.7 Å². The van der Waals surface area contributed by atoms with Gasteiger partial charge in [0, 0.05) is 63.6 Å². The van der Waals surface area contributed by atoms with Gasteiger partial charge < -0.3 is 14.2 Å². The quantitative estimate of drug-likeness (QED) is 0.550. The molecule has 2 atom stereocenters. The number of ether oxygens (including phenoxy) is 1. The lowest BCUT2D eigenvalue weighted by Gasteiger charge is -2.53. The van der Waals surface area contributed by atoms with Crippen molar-refractivity contribution in [3.63, 3.8) is 0 Å². The largest absolute Gasteiger partial charge is 0.378 e. The molecule has 1 aromatic carbocycles. The number of nitrogens with zero attached hydrogens (tertiary/aromatic N) is 5. The van der Waals surface area contributed by atoms with Crippen LogP contribution in [0.5, 0.6) is 0 Å². The van der Waals surface area contributed by atoms with E-state index in [1.807, 2.05) is 47.5 Å². The molecule has 0 bridgehead atoms. The highest BCUT2D eigenvalue weighted by molar-refractivity contribution is 5.76. The third-order valence-electron chi connectivity index (χ3n) is 6.77. The van der Waals surface area contributed by atoms with Crippen molar-refractivity contribution in [2.24, 2.45) is 0 Å². The highest BCUT2D eigenvalue weighted by Gasteiger charge is 2.44. The molecule has 0 aliphatic carbocycles. The van der Waals surface area contributed by atoms with Gasteiger partial charge in [0.05, 0.1) is 12.1 Å². The molecule has 1 amide bonds. The summed E-state index contributed by atoms with van der Waals surface area (Å²) < 4.78 is 11.0. The lowest BCUT2D eigenvalue weighted by molar-refractivity contribution is -0.137. The zero-order valence-electron chi connectivity index (χ0n) is 18.8. The molecule has 33 heavy (non-hydrogen) atoms. The van der Waals surface area contributed by atoms with Crippen molar-refractivity contribution in [2.45, 2.75) is 43.9 Å². The number of benzene rings is 1. The van der Waals surface area contributed by atoms with E-state index in [4.69, 9.17) is 9.26 Å². The fourth-order valence-electron chi connectivity index (χ4n) is 4.91. The average molecular weight is 448 g/mol. The van der Waals surface area contributed by atoms with Crippen LogP contribution in [-0.2, 0) is 16.0 Å². The van der Waals surface area contributed by atoms with Gasteiger partial charge in [-0.3, -0.25) is 14.7 Å². The van der Waals surface area contributed by atoms with Gasteiger partial charge in [0.25, 0.3) is 0 Å². The fourth-order valence-corrected chi connectivity index (χ4v) is 4.91. The van der Waals surface area contributed by atoms with Gasteiger partial charge in [0.1, 0.15) is 0 Å². The topological polar surface area (TPSA) is 84.6 Å². The Morgan fingerprint density at radius 3 is 2.70 bits per heavy atom. The monoisotopic (exact) mass is 447 g/mol. The van der Waals surface area contributed by atoms with Gasteiger partial charge in [-0.2, -0.15) is 4.98 Å². The number of pyridine rings is 1. The molecule has 4 heterocycles. The smallest absolute Gasteiger partial charge is 0.227 e. The van der Waals surface area contributed by atoms with Gasteiger partial charge in [0.15, 0.2) is 0 Å². The summed E-state index contributed by atoms with van der Waals surface area (Å²) in [6, 6.07) is 14.5. The molecule has 5 rings (SSSR count). The first kappa shape index (κ1) is 21.7. The van der Waals surface area contributed by atoms with Crippen molar-refractivity contribution in [3.05, 3.63) is 66.3 Å². The third-order valence-corrected chi connectivity index (χ3v) is 6.77. The summed E-state index contributed by atoms with van der Waals surface area (Å²) in [6.45, 7) is 2.47. The number of methoxy groups -OCH3 is 1. The van der Waals surface area contributed by atoms with Gasteiger partial charge in [-0.25, -0.2) is 0 Å². The fraction of sp³-hybridized carbons (Fsp3) is 0.440. The molecule has 8 nitrogen and oxygen atoms in total. The first-order chi connectivity index (χ1) is 16.2. The predicted molar refractivity (Wildman–Crippen MR) is 122 cm³/mol. The van der Waals surface area contributed by atoms with Crippen LogP contribution in [0.3, 0.4) is 0 Å². The number of likely N-dealkylation sites (tertiary alicyclic amines) is 2. The number of hydrogen-bond acceptors (Lipinski definition) is 7. The van der Waals surface area contributed by atoms with Crippen LogP contribution in [0.25, 0.3) is 11.4 Å². The van der Waals surface area contributed by atoms with E-state index in [1.165, 1.54) is 5.56 Å². The lowest BCUT2D eigenvalue weighted by Crippen LogP contribution is -2.60. The number of hydrogen-bond donors (Lipinski definition) is 0. The van der Waals surface area contributed by atoms with Crippen molar-refractivity contribution >= 4 is 5.91 Å². The molecule has 3 aromatic rings. The maximum absolute atomic E-state index is 12.8. The Labute approximate surface area is 193 Å². The normalized spacial score (nSPS) is 21.7. The van der Waals surface area contributed by atoms with Crippen molar-refractivity contribution in [1.29, 1.82) is 0 Å². The van der Waals surface area contributed by atoms with E-state index in [2.05, 4.69) is 26.1 Å². The summed E-state index contributed by atoms with van der Waals surface area (Å²) in [4.78, 5) is 26.0. The van der Waals surface area contributed by atoms with E-state index in [1.54, 1.807) is 13.3 Å². The molecule has 2 saturated heterocycles. The van der Waals surface area contributed by atoms with E-state index >= 15 is 0 Å². The highest BCUT2D eigenvalue weighted by atomic mass is 16.5. The van der Waals surface area contributed by atoms with Crippen LogP contribution in [0.4, 0.5) is 0 Å². The summed E-state index contributed by atoms with van der Waals surface area (Å²) in [5.41, 5.74) is 2.11. The second kappa shape index (κ2) is 9.80. The highest BCUT2D eigenvalue weighted by Crippen LogP contribution is 2.39. The minimum atomic E-state index is 0.148. The number of rotatable bonds is 7. The van der Waals surface area contributed by atoms with Crippen molar-refractivity contribution in [2.75, 3.05) is 26.7 Å².